The maximum atomic E-state index is 6.34. The summed E-state index contributed by atoms with van der Waals surface area (Å²) >= 11 is 6.34. The predicted octanol–water partition coefficient (Wildman–Crippen LogP) is 4.15. The van der Waals surface area contributed by atoms with Gasteiger partial charge >= 0.3 is 0 Å². The SMILES string of the molecule is CCCn1ncc(Cl)c1C(CCc1cccc(C)c1)NC. The van der Waals surface area contributed by atoms with Crippen LogP contribution in [0.4, 0.5) is 0 Å². The zero-order valence-corrected chi connectivity index (χ0v) is 13.8. The molecule has 0 aliphatic carbocycles. The molecule has 1 N–H and O–H groups in total. The molecule has 4 heteroatoms. The first kappa shape index (κ1) is 16.1. The second kappa shape index (κ2) is 7.62. The molecule has 0 fully saturated rings. The summed E-state index contributed by atoms with van der Waals surface area (Å²) in [6, 6.07) is 8.91. The molecule has 0 aliphatic heterocycles. The van der Waals surface area contributed by atoms with E-state index in [9.17, 15) is 0 Å². The van der Waals surface area contributed by atoms with Gasteiger partial charge in [-0.2, -0.15) is 5.10 Å². The molecule has 0 spiro atoms. The highest BCUT2D eigenvalue weighted by atomic mass is 35.5. The summed E-state index contributed by atoms with van der Waals surface area (Å²) in [5.74, 6) is 0. The Balaban J connectivity index is 2.11. The van der Waals surface area contributed by atoms with Crippen LogP contribution >= 0.6 is 11.6 Å². The lowest BCUT2D eigenvalue weighted by Gasteiger charge is -2.18. The zero-order chi connectivity index (χ0) is 15.2. The Morgan fingerprint density at radius 1 is 1.38 bits per heavy atom. The highest BCUT2D eigenvalue weighted by Gasteiger charge is 2.18. The standard InChI is InChI=1S/C17H24ClN3/c1-4-10-21-17(15(18)12-20-21)16(19-3)9-8-14-7-5-6-13(2)11-14/h5-7,11-12,16,19H,4,8-10H2,1-3H3. The predicted molar refractivity (Wildman–Crippen MR) is 88.8 cm³/mol. The van der Waals surface area contributed by atoms with Gasteiger partial charge in [-0.05, 0) is 38.8 Å². The molecule has 0 radical (unpaired) electrons. The van der Waals surface area contributed by atoms with Crippen LogP contribution in [0.2, 0.25) is 5.02 Å². The first-order valence-electron chi connectivity index (χ1n) is 7.59. The van der Waals surface area contributed by atoms with E-state index in [4.69, 9.17) is 11.6 Å². The lowest BCUT2D eigenvalue weighted by atomic mass is 10.0. The Hall–Kier alpha value is -1.32. The third-order valence-corrected chi connectivity index (χ3v) is 4.04. The molecule has 0 bridgehead atoms. The second-order valence-corrected chi connectivity index (χ2v) is 5.88. The minimum atomic E-state index is 0.229. The average molecular weight is 306 g/mol. The summed E-state index contributed by atoms with van der Waals surface area (Å²) in [7, 11) is 1.99. The van der Waals surface area contributed by atoms with E-state index in [2.05, 4.69) is 48.5 Å². The van der Waals surface area contributed by atoms with Crippen LogP contribution in [0.1, 0.15) is 42.6 Å². The van der Waals surface area contributed by atoms with Crippen LogP contribution < -0.4 is 5.32 Å². The third-order valence-electron chi connectivity index (χ3n) is 3.75. The monoisotopic (exact) mass is 305 g/mol. The van der Waals surface area contributed by atoms with Crippen molar-refractivity contribution in [2.75, 3.05) is 7.05 Å². The molecule has 2 aromatic rings. The van der Waals surface area contributed by atoms with Gasteiger partial charge in [-0.25, -0.2) is 0 Å². The summed E-state index contributed by atoms with van der Waals surface area (Å²) in [5.41, 5.74) is 3.78. The number of nitrogens with one attached hydrogen (secondary N) is 1. The van der Waals surface area contributed by atoms with Gasteiger partial charge in [0.05, 0.1) is 23.0 Å². The molecule has 0 aliphatic rings. The quantitative estimate of drug-likeness (QED) is 0.833. The number of benzene rings is 1. The van der Waals surface area contributed by atoms with Crippen molar-refractivity contribution in [3.63, 3.8) is 0 Å². The van der Waals surface area contributed by atoms with Gasteiger partial charge in [0.25, 0.3) is 0 Å². The van der Waals surface area contributed by atoms with Crippen LogP contribution in [0.5, 0.6) is 0 Å². The van der Waals surface area contributed by atoms with Crippen molar-refractivity contribution in [2.45, 2.75) is 45.7 Å². The lowest BCUT2D eigenvalue weighted by Crippen LogP contribution is -2.21. The second-order valence-electron chi connectivity index (χ2n) is 5.47. The smallest absolute Gasteiger partial charge is 0.0834 e. The summed E-state index contributed by atoms with van der Waals surface area (Å²) in [6.45, 7) is 5.19. The van der Waals surface area contributed by atoms with E-state index in [1.54, 1.807) is 6.20 Å². The first-order valence-corrected chi connectivity index (χ1v) is 7.97. The molecule has 0 saturated carbocycles. The topological polar surface area (TPSA) is 29.9 Å². The van der Waals surface area contributed by atoms with Gasteiger partial charge in [0, 0.05) is 6.54 Å². The number of hydrogen-bond acceptors (Lipinski definition) is 2. The van der Waals surface area contributed by atoms with Gasteiger partial charge in [0.1, 0.15) is 0 Å². The molecule has 114 valence electrons. The van der Waals surface area contributed by atoms with Crippen molar-refractivity contribution in [1.29, 1.82) is 0 Å². The van der Waals surface area contributed by atoms with Crippen molar-refractivity contribution in [3.05, 3.63) is 52.3 Å². The highest BCUT2D eigenvalue weighted by Crippen LogP contribution is 2.26. The van der Waals surface area contributed by atoms with Crippen molar-refractivity contribution in [1.82, 2.24) is 15.1 Å². The van der Waals surface area contributed by atoms with Crippen LogP contribution in [0, 0.1) is 6.92 Å². The normalized spacial score (nSPS) is 12.6. The van der Waals surface area contributed by atoms with Crippen molar-refractivity contribution >= 4 is 11.6 Å². The molecule has 0 saturated heterocycles. The Bertz CT molecular complexity index is 577. The van der Waals surface area contributed by atoms with Crippen LogP contribution in [-0.4, -0.2) is 16.8 Å². The summed E-state index contributed by atoms with van der Waals surface area (Å²) in [4.78, 5) is 0. The number of rotatable bonds is 7. The molecule has 1 atom stereocenters. The number of halogens is 1. The molecular weight excluding hydrogens is 282 g/mol. The first-order chi connectivity index (χ1) is 10.2. The number of aromatic nitrogens is 2. The Morgan fingerprint density at radius 3 is 2.86 bits per heavy atom. The van der Waals surface area contributed by atoms with Gasteiger partial charge in [-0.1, -0.05) is 48.4 Å². The third kappa shape index (κ3) is 4.08. The van der Waals surface area contributed by atoms with Crippen molar-refractivity contribution in [2.24, 2.45) is 0 Å². The van der Waals surface area contributed by atoms with Crippen LogP contribution in [-0.2, 0) is 13.0 Å². The van der Waals surface area contributed by atoms with Gasteiger partial charge in [0.2, 0.25) is 0 Å². The van der Waals surface area contributed by atoms with Crippen molar-refractivity contribution < 1.29 is 0 Å². The minimum Gasteiger partial charge on any atom is -0.312 e. The molecule has 0 amide bonds. The minimum absolute atomic E-state index is 0.229. The number of nitrogens with zero attached hydrogens (tertiary/aromatic N) is 2. The van der Waals surface area contributed by atoms with E-state index in [-0.39, 0.29) is 6.04 Å². The van der Waals surface area contributed by atoms with E-state index < -0.39 is 0 Å². The Kier molecular flexibility index (Phi) is 5.83. The molecule has 1 unspecified atom stereocenters. The molecule has 1 aromatic heterocycles. The molecule has 3 nitrogen and oxygen atoms in total. The Labute approximate surface area is 132 Å². The van der Waals surface area contributed by atoms with Gasteiger partial charge in [-0.15, -0.1) is 0 Å². The van der Waals surface area contributed by atoms with Crippen molar-refractivity contribution in [3.8, 4) is 0 Å². The molecule has 1 aromatic carbocycles. The van der Waals surface area contributed by atoms with Crippen LogP contribution in [0.15, 0.2) is 30.5 Å². The molecule has 2 rings (SSSR count). The number of aryl methyl sites for hydroxylation is 3. The number of hydrogen-bond donors (Lipinski definition) is 1. The summed E-state index contributed by atoms with van der Waals surface area (Å²) in [6.07, 6.45) is 4.85. The van der Waals surface area contributed by atoms with Gasteiger partial charge in [0.15, 0.2) is 0 Å². The van der Waals surface area contributed by atoms with E-state index in [0.717, 1.165) is 36.5 Å². The lowest BCUT2D eigenvalue weighted by molar-refractivity contribution is 0.477. The van der Waals surface area contributed by atoms with E-state index in [0.29, 0.717) is 0 Å². The van der Waals surface area contributed by atoms with Crippen LogP contribution in [0.3, 0.4) is 0 Å². The fourth-order valence-corrected chi connectivity index (χ4v) is 2.98. The molecule has 1 heterocycles. The largest absolute Gasteiger partial charge is 0.312 e. The summed E-state index contributed by atoms with van der Waals surface area (Å²) in [5, 5.41) is 8.53. The maximum absolute atomic E-state index is 6.34. The fourth-order valence-electron chi connectivity index (χ4n) is 2.70. The average Bonchev–Trinajstić information content (AvgIpc) is 2.82. The van der Waals surface area contributed by atoms with E-state index >= 15 is 0 Å². The summed E-state index contributed by atoms with van der Waals surface area (Å²) < 4.78 is 2.03. The fraction of sp³-hybridized carbons (Fsp3) is 0.471. The van der Waals surface area contributed by atoms with E-state index in [1.807, 2.05) is 11.7 Å². The molecule has 21 heavy (non-hydrogen) atoms. The van der Waals surface area contributed by atoms with Gasteiger partial charge < -0.3 is 5.32 Å². The van der Waals surface area contributed by atoms with Crippen LogP contribution in [0.25, 0.3) is 0 Å². The molecular formula is C17H24ClN3. The highest BCUT2D eigenvalue weighted by molar-refractivity contribution is 6.31. The maximum Gasteiger partial charge on any atom is 0.0834 e. The Morgan fingerprint density at radius 2 is 2.19 bits per heavy atom. The zero-order valence-electron chi connectivity index (χ0n) is 13.1. The van der Waals surface area contributed by atoms with E-state index in [1.165, 1.54) is 11.1 Å². The van der Waals surface area contributed by atoms with Gasteiger partial charge in [-0.3, -0.25) is 4.68 Å².